The van der Waals surface area contributed by atoms with Crippen LogP contribution in [0.2, 0.25) is 0 Å². The first kappa shape index (κ1) is 90.8. The van der Waals surface area contributed by atoms with Crippen LogP contribution in [0.15, 0.2) is 142 Å². The number of halogens is 15. The minimum absolute atomic E-state index is 0. The van der Waals surface area contributed by atoms with Crippen LogP contribution in [0.25, 0.3) is 112 Å². The van der Waals surface area contributed by atoms with Gasteiger partial charge in [-0.25, -0.2) is 91.5 Å². The lowest BCUT2D eigenvalue weighted by Gasteiger charge is -2.13. The van der Waals surface area contributed by atoms with Gasteiger partial charge in [-0.05, 0) is 66.7 Å². The van der Waals surface area contributed by atoms with E-state index in [1.807, 2.05) is 0 Å². The number of sulfone groups is 3. The van der Waals surface area contributed by atoms with Gasteiger partial charge in [0.25, 0.3) is 17.8 Å². The highest BCUT2D eigenvalue weighted by molar-refractivity contribution is 7.92. The Morgan fingerprint density at radius 3 is 1.25 bits per heavy atom. The Balaban J connectivity index is 0.000000151. The number of imidazole rings is 4. The Kier molecular flexibility index (Phi) is 23.7. The van der Waals surface area contributed by atoms with Crippen molar-refractivity contribution in [2.45, 2.75) is 112 Å². The van der Waals surface area contributed by atoms with E-state index >= 15 is 0 Å². The maximum Gasteiger partial charge on any atom is 0.417 e. The van der Waals surface area contributed by atoms with Crippen molar-refractivity contribution < 1.29 is 106 Å². The van der Waals surface area contributed by atoms with E-state index in [-0.39, 0.29) is 145 Å². The number of hydrogen-bond donors (Lipinski definition) is 1. The van der Waals surface area contributed by atoms with Crippen LogP contribution < -0.4 is 5.32 Å². The van der Waals surface area contributed by atoms with Crippen LogP contribution in [-0.4, -0.2) is 166 Å². The summed E-state index contributed by atoms with van der Waals surface area (Å²) in [7, 11) is -7.27. The number of carbonyl (C=O) groups excluding carboxylic acids is 1. The number of hydrogen-bond acceptors (Lipinski definition) is 21. The largest absolute Gasteiger partial charge is 0.417 e. The van der Waals surface area contributed by atoms with Crippen molar-refractivity contribution in [2.24, 2.45) is 28.2 Å². The van der Waals surface area contributed by atoms with Crippen LogP contribution in [0.5, 0.6) is 0 Å². The number of pyridine rings is 5. The summed E-state index contributed by atoms with van der Waals surface area (Å²) in [4.78, 5) is 48.0. The molecule has 0 spiro atoms. The molecular weight excluding hydrogens is 1750 g/mol. The molecule has 3 N–H and O–H groups in total. The van der Waals surface area contributed by atoms with Crippen molar-refractivity contribution in [1.82, 2.24) is 102 Å². The number of nitrogens with zero attached hydrogens (tertiary/aromatic N) is 21. The van der Waals surface area contributed by atoms with E-state index in [0.29, 0.717) is 41.6 Å². The van der Waals surface area contributed by atoms with Crippen molar-refractivity contribution in [2.75, 3.05) is 28.3 Å². The third-order valence-electron chi connectivity index (χ3n) is 19.2. The van der Waals surface area contributed by atoms with E-state index in [4.69, 9.17) is 0 Å². The van der Waals surface area contributed by atoms with Gasteiger partial charge in [-0.3, -0.25) is 32.3 Å². The number of alkyl halides is 15. The molecule has 0 saturated heterocycles. The molecule has 3 aromatic carbocycles. The highest BCUT2D eigenvalue weighted by Crippen LogP contribution is 2.43. The Morgan fingerprint density at radius 2 is 0.831 bits per heavy atom. The number of benzene rings is 3. The molecule has 13 aromatic heterocycles. The summed E-state index contributed by atoms with van der Waals surface area (Å²) in [6, 6.07) is 17.5. The SMILES string of the molecule is CCS(=O)(=O)c1c2ccc(NC(C)=O)cc2nn1-c1nc2cc(C(F)(F)F)cnc2n1C.CCS(=O)(=O)c1c2ccncc2nn1-c1nc2cc(C(C)(F)F)cnc2n1C.CCS(=O)(=O)c1nn(-c2nc3cc(C(C)(F)F)cnc3n2C)c2cccc(C(F)(F)F)c12.CCS(=O)c1c2c(C(C)(F)F)cccc2nn1-c1nc2cc(C(F)(F)F)cnc2n1C.O. The Morgan fingerprint density at radius 1 is 0.427 bits per heavy atom. The third-order valence-corrected chi connectivity index (χ3v) is 25.6. The van der Waals surface area contributed by atoms with Gasteiger partial charge in [0.2, 0.25) is 29.7 Å². The van der Waals surface area contributed by atoms with Crippen molar-refractivity contribution in [3.63, 3.8) is 0 Å². The van der Waals surface area contributed by atoms with Crippen molar-refractivity contribution >= 4 is 140 Å². The van der Waals surface area contributed by atoms with Gasteiger partial charge in [0, 0.05) is 131 Å². The molecule has 31 nitrogen and oxygen atoms in total. The summed E-state index contributed by atoms with van der Waals surface area (Å²) in [5.74, 6) is -10.4. The molecule has 16 rings (SSSR count). The molecule has 1 atom stereocenters. The quantitative estimate of drug-likeness (QED) is 0.0878. The van der Waals surface area contributed by atoms with Gasteiger partial charge < -0.3 is 10.8 Å². The maximum absolute atomic E-state index is 14.3. The fraction of sp³-hybridized carbons (Fsp3) is 0.297. The molecule has 50 heteroatoms. The molecule has 124 heavy (non-hydrogen) atoms. The minimum Gasteiger partial charge on any atom is -0.412 e. The second-order valence-corrected chi connectivity index (χ2v) is 36.0. The van der Waals surface area contributed by atoms with Gasteiger partial charge in [0.1, 0.15) is 32.6 Å². The number of nitrogens with one attached hydrogen (secondary N) is 1. The molecular formula is C74H67F15N22O9S4. The van der Waals surface area contributed by atoms with E-state index in [9.17, 15) is 100 Å². The zero-order valence-electron chi connectivity index (χ0n) is 66.3. The van der Waals surface area contributed by atoms with Crippen molar-refractivity contribution in [3.8, 4) is 23.8 Å². The van der Waals surface area contributed by atoms with Crippen LogP contribution in [-0.2, 0) is 110 Å². The molecule has 0 saturated carbocycles. The molecule has 656 valence electrons. The summed E-state index contributed by atoms with van der Waals surface area (Å²) in [6.45, 7) is 9.45. The lowest BCUT2D eigenvalue weighted by molar-refractivity contribution is -0.138. The number of aryl methyl sites for hydroxylation is 4. The first-order valence-electron chi connectivity index (χ1n) is 36.1. The number of fused-ring (bicyclic) bond motifs is 8. The van der Waals surface area contributed by atoms with Gasteiger partial charge in [-0.15, -0.1) is 0 Å². The zero-order chi connectivity index (χ0) is 90.0. The first-order valence-corrected chi connectivity index (χ1v) is 42.4. The monoisotopic (exact) mass is 1820 g/mol. The molecule has 16 aromatic rings. The smallest absolute Gasteiger partial charge is 0.412 e. The number of anilines is 1. The first-order chi connectivity index (χ1) is 57.2. The summed E-state index contributed by atoms with van der Waals surface area (Å²) in [5, 5.41) is 18.8. The number of amides is 1. The molecule has 0 fully saturated rings. The van der Waals surface area contributed by atoms with Gasteiger partial charge in [0.05, 0.1) is 72.9 Å². The highest BCUT2D eigenvalue weighted by Gasteiger charge is 2.41. The molecule has 1 amide bonds. The number of rotatable bonds is 16. The molecule has 0 aliphatic carbocycles. The minimum atomic E-state index is -4.83. The predicted octanol–water partition coefficient (Wildman–Crippen LogP) is 13.7. The van der Waals surface area contributed by atoms with Gasteiger partial charge in [0.15, 0.2) is 67.2 Å². The topological polar surface area (TPSA) is 387 Å². The Labute approximate surface area is 692 Å². The average Bonchev–Trinajstić information content (AvgIpc) is 1.48. The summed E-state index contributed by atoms with van der Waals surface area (Å²) in [6.07, 6.45) is -7.66. The van der Waals surface area contributed by atoms with E-state index in [1.165, 1.54) is 133 Å². The summed E-state index contributed by atoms with van der Waals surface area (Å²) >= 11 is 0. The van der Waals surface area contributed by atoms with E-state index in [2.05, 4.69) is 70.6 Å². The average molecular weight is 1820 g/mol. The van der Waals surface area contributed by atoms with Crippen LogP contribution >= 0.6 is 0 Å². The Bertz CT molecular complexity index is 7340. The second-order valence-electron chi connectivity index (χ2n) is 27.7. The van der Waals surface area contributed by atoms with Gasteiger partial charge >= 0.3 is 18.5 Å². The van der Waals surface area contributed by atoms with Crippen LogP contribution in [0.1, 0.15) is 88.8 Å². The molecule has 13 heterocycles. The number of carbonyl (C=O) groups is 1. The summed E-state index contributed by atoms with van der Waals surface area (Å²) in [5.41, 5.74) is -2.10. The van der Waals surface area contributed by atoms with E-state index in [1.54, 1.807) is 20.0 Å². The fourth-order valence-electron chi connectivity index (χ4n) is 13.0. The second kappa shape index (κ2) is 32.3. The third kappa shape index (κ3) is 16.9. The number of aromatic nitrogens is 21. The van der Waals surface area contributed by atoms with Crippen LogP contribution in [0, 0.1) is 0 Å². The normalized spacial score (nSPS) is 13.1. The van der Waals surface area contributed by atoms with Crippen molar-refractivity contribution in [1.29, 1.82) is 0 Å². The van der Waals surface area contributed by atoms with E-state index in [0.717, 1.165) is 70.6 Å². The molecule has 1 unspecified atom stereocenters. The lowest BCUT2D eigenvalue weighted by Crippen LogP contribution is -2.14. The van der Waals surface area contributed by atoms with Crippen molar-refractivity contribution in [3.05, 3.63) is 155 Å². The van der Waals surface area contributed by atoms with Gasteiger partial charge in [-0.1, -0.05) is 45.9 Å². The van der Waals surface area contributed by atoms with Gasteiger partial charge in [-0.2, -0.15) is 78.6 Å². The molecule has 0 bridgehead atoms. The molecule has 0 aliphatic rings. The lowest BCUT2D eigenvalue weighted by atomic mass is 10.1. The molecule has 0 radical (unpaired) electrons. The molecule has 0 aliphatic heterocycles. The summed E-state index contributed by atoms with van der Waals surface area (Å²) < 4.78 is 302. The van der Waals surface area contributed by atoms with Crippen LogP contribution in [0.4, 0.5) is 71.5 Å². The zero-order valence-corrected chi connectivity index (χ0v) is 69.6. The van der Waals surface area contributed by atoms with E-state index < -0.39 is 115 Å². The highest BCUT2D eigenvalue weighted by atomic mass is 32.2. The standard InChI is InChI=1S/C19H16F5N5O2S.C19H16F5N5OS.C19H17F3N6O3S.C17H16F2N6O2S.H2O/c1-4-32(30,31)16-14-11(19(22,23)24)6-5-7-13(14)29(27-16)17-26-12-8-10(18(2,20)21)9-25-15(12)28(17)3;1-4-31(30)16-14-11(18(2,20)21)6-5-7-12(14)27-29(16)17-26-13-8-10(19(22,23)24)9-25-15(13)28(17)3;1-4-32(30,31)17-13-6-5-12(24-10(2)29)8-14(13)26-28(17)18-25-15-7-11(19(20,21)22)9-23-16(15)27(18)3;1-4-28(26,27)15-11-5-6-20-9-13(11)23-25(15)16-22-12-7-10(17(2,18)19)8-21-14(12)24(16)3;/h5-9H,4H2,1-3H3;5-9H,4H2,1-3H3;5-9H,4H2,1-3H3,(H,24,29);5-9H,4H2,1-3H3;1H2. The fourth-order valence-corrected chi connectivity index (χ4v) is 17.4. The Hall–Kier alpha value is -12.5. The predicted molar refractivity (Wildman–Crippen MR) is 422 cm³/mol. The maximum atomic E-state index is 14.3. The van der Waals surface area contributed by atoms with Crippen LogP contribution in [0.3, 0.4) is 0 Å².